The van der Waals surface area contributed by atoms with Crippen LogP contribution in [0.4, 0.5) is 0 Å². The number of aliphatic hydroxyl groups excluding tert-OH is 1. The third kappa shape index (κ3) is 4.71. The summed E-state index contributed by atoms with van der Waals surface area (Å²) >= 11 is 0. The maximum Gasteiger partial charge on any atom is 0.295 e. The monoisotopic (exact) mass is 224 g/mol. The van der Waals surface area contributed by atoms with Gasteiger partial charge in [-0.25, -0.2) is 0 Å². The number of Topliss-reactive ketones (excluding diaryl/α,β-unsaturated/α-hetero) is 1. The molecule has 10 heteroatoms. The zero-order valence-electron chi connectivity index (χ0n) is 7.56. The van der Waals surface area contributed by atoms with Crippen LogP contribution in [0.2, 0.25) is 0 Å². The number of hydrogen-bond donors (Lipinski definition) is 1. The average molecular weight is 224 g/mol. The van der Waals surface area contributed by atoms with Gasteiger partial charge in [0.15, 0.2) is 18.0 Å². The molecule has 1 N–H and O–H groups in total. The van der Waals surface area contributed by atoms with Gasteiger partial charge in [-0.3, -0.25) is 4.79 Å². The second-order valence-corrected chi connectivity index (χ2v) is 2.41. The minimum absolute atomic E-state index is 0.868. The van der Waals surface area contributed by atoms with E-state index < -0.39 is 34.8 Å². The SMILES string of the molecule is CC(=O)C(O[N+](=O)[O-])C(CO)O[N+](=O)[O-]. The first-order valence-electron chi connectivity index (χ1n) is 3.62. The molecule has 0 aliphatic rings. The molecule has 2 unspecified atom stereocenters. The molecule has 0 aliphatic heterocycles. The Balaban J connectivity index is 4.61. The number of carbonyl (C=O) groups excluding carboxylic acids is 1. The molecular weight excluding hydrogens is 216 g/mol. The normalized spacial score (nSPS) is 13.7. The molecule has 0 aliphatic carbocycles. The molecule has 2 atom stereocenters. The first kappa shape index (κ1) is 13.0. The maximum atomic E-state index is 10.8. The Labute approximate surface area is 82.6 Å². The third-order valence-electron chi connectivity index (χ3n) is 1.34. The van der Waals surface area contributed by atoms with Crippen molar-refractivity contribution < 1.29 is 29.7 Å². The van der Waals surface area contributed by atoms with Gasteiger partial charge in [-0.1, -0.05) is 0 Å². The molecule has 86 valence electrons. The van der Waals surface area contributed by atoms with Crippen molar-refractivity contribution in [1.82, 2.24) is 0 Å². The van der Waals surface area contributed by atoms with Crippen LogP contribution in [0, 0.1) is 20.2 Å². The van der Waals surface area contributed by atoms with Gasteiger partial charge in [-0.15, -0.1) is 20.2 Å². The highest BCUT2D eigenvalue weighted by Crippen LogP contribution is 2.06. The number of nitrogens with zero attached hydrogens (tertiary/aromatic N) is 2. The molecule has 0 aromatic heterocycles. The first-order chi connectivity index (χ1) is 6.88. The van der Waals surface area contributed by atoms with Crippen molar-refractivity contribution in [1.29, 1.82) is 0 Å². The van der Waals surface area contributed by atoms with Crippen molar-refractivity contribution in [3.8, 4) is 0 Å². The minimum atomic E-state index is -1.82. The van der Waals surface area contributed by atoms with Crippen LogP contribution in [-0.2, 0) is 14.5 Å². The lowest BCUT2D eigenvalue weighted by molar-refractivity contribution is -0.795. The zero-order valence-corrected chi connectivity index (χ0v) is 7.56. The number of carbonyl (C=O) groups is 1. The van der Waals surface area contributed by atoms with Crippen LogP contribution in [0.3, 0.4) is 0 Å². The van der Waals surface area contributed by atoms with Crippen LogP contribution in [0.5, 0.6) is 0 Å². The first-order valence-corrected chi connectivity index (χ1v) is 3.62. The summed E-state index contributed by atoms with van der Waals surface area (Å²) in [5.74, 6) is -0.868. The van der Waals surface area contributed by atoms with E-state index in [1.165, 1.54) is 0 Å². The molecule has 15 heavy (non-hydrogen) atoms. The summed E-state index contributed by atoms with van der Waals surface area (Å²) in [6.45, 7) is -0.0425. The average Bonchev–Trinajstić information content (AvgIpc) is 2.09. The Kier molecular flexibility index (Phi) is 4.95. The van der Waals surface area contributed by atoms with Crippen LogP contribution in [-0.4, -0.2) is 39.9 Å². The topological polar surface area (TPSA) is 142 Å². The Morgan fingerprint density at radius 3 is 2.07 bits per heavy atom. The van der Waals surface area contributed by atoms with E-state index in [1.54, 1.807) is 0 Å². The summed E-state index contributed by atoms with van der Waals surface area (Å²) in [6, 6.07) is 0. The molecule has 0 saturated heterocycles. The Morgan fingerprint density at radius 2 is 1.80 bits per heavy atom. The summed E-state index contributed by atoms with van der Waals surface area (Å²) in [6.07, 6.45) is -3.54. The number of aliphatic hydroxyl groups is 1. The Morgan fingerprint density at radius 1 is 1.33 bits per heavy atom. The fourth-order valence-electron chi connectivity index (χ4n) is 0.791. The molecule has 0 aromatic rings. The van der Waals surface area contributed by atoms with E-state index in [1.807, 2.05) is 0 Å². The molecular formula is C5H8N2O8. The fourth-order valence-corrected chi connectivity index (χ4v) is 0.791. The van der Waals surface area contributed by atoms with Crippen LogP contribution in [0.15, 0.2) is 0 Å². The molecule has 10 nitrogen and oxygen atoms in total. The highest BCUT2D eigenvalue weighted by Gasteiger charge is 2.31. The molecule has 0 saturated carbocycles. The number of rotatable bonds is 7. The van der Waals surface area contributed by atoms with E-state index in [2.05, 4.69) is 9.68 Å². The summed E-state index contributed by atoms with van der Waals surface area (Å²) in [7, 11) is 0. The van der Waals surface area contributed by atoms with Gasteiger partial charge < -0.3 is 14.8 Å². The van der Waals surface area contributed by atoms with E-state index in [-0.39, 0.29) is 0 Å². The summed E-state index contributed by atoms with van der Waals surface area (Å²) in [4.78, 5) is 38.4. The summed E-state index contributed by atoms with van der Waals surface area (Å²) in [5, 5.41) is 25.9. The largest absolute Gasteiger partial charge is 0.394 e. The van der Waals surface area contributed by atoms with Crippen molar-refractivity contribution >= 4 is 5.78 Å². The van der Waals surface area contributed by atoms with Gasteiger partial charge in [0.1, 0.15) is 0 Å². The van der Waals surface area contributed by atoms with E-state index in [4.69, 9.17) is 5.11 Å². The molecule has 0 rings (SSSR count). The van der Waals surface area contributed by atoms with Gasteiger partial charge in [0.25, 0.3) is 10.2 Å². The predicted molar refractivity (Wildman–Crippen MR) is 41.5 cm³/mol. The molecule has 0 heterocycles. The fraction of sp³-hybridized carbons (Fsp3) is 0.800. The standard InChI is InChI=1S/C5H8N2O8/c1-3(9)5(15-7(12)13)4(2-8)14-6(10)11/h4-5,8H,2H2,1H3. The van der Waals surface area contributed by atoms with E-state index in [0.29, 0.717) is 0 Å². The highest BCUT2D eigenvalue weighted by atomic mass is 17.0. The molecule has 0 spiro atoms. The summed E-state index contributed by atoms with van der Waals surface area (Å²) in [5.41, 5.74) is 0. The minimum Gasteiger partial charge on any atom is -0.394 e. The predicted octanol–water partition coefficient (Wildman–Crippen LogP) is -1.28. The Hall–Kier alpha value is -1.97. The summed E-state index contributed by atoms with van der Waals surface area (Å²) < 4.78 is 0. The number of hydrogen-bond acceptors (Lipinski definition) is 8. The molecule has 0 fully saturated rings. The van der Waals surface area contributed by atoms with Crippen molar-refractivity contribution in [2.75, 3.05) is 6.61 Å². The molecule has 0 bridgehead atoms. The van der Waals surface area contributed by atoms with Gasteiger partial charge >= 0.3 is 0 Å². The lowest BCUT2D eigenvalue weighted by Gasteiger charge is -2.18. The van der Waals surface area contributed by atoms with Crippen LogP contribution >= 0.6 is 0 Å². The van der Waals surface area contributed by atoms with Crippen molar-refractivity contribution in [3.63, 3.8) is 0 Å². The van der Waals surface area contributed by atoms with Crippen molar-refractivity contribution in [2.45, 2.75) is 19.1 Å². The molecule has 0 amide bonds. The molecule has 0 radical (unpaired) electrons. The number of ketones is 1. The van der Waals surface area contributed by atoms with Crippen molar-refractivity contribution in [2.24, 2.45) is 0 Å². The highest BCUT2D eigenvalue weighted by molar-refractivity contribution is 5.81. The van der Waals surface area contributed by atoms with Crippen LogP contribution in [0.25, 0.3) is 0 Å². The van der Waals surface area contributed by atoms with E-state index in [0.717, 1.165) is 6.92 Å². The third-order valence-corrected chi connectivity index (χ3v) is 1.34. The van der Waals surface area contributed by atoms with Gasteiger partial charge in [0.05, 0.1) is 6.61 Å². The van der Waals surface area contributed by atoms with Gasteiger partial charge in [-0.05, 0) is 6.92 Å². The lowest BCUT2D eigenvalue weighted by atomic mass is 10.1. The quantitative estimate of drug-likeness (QED) is 0.416. The smallest absolute Gasteiger partial charge is 0.295 e. The second-order valence-electron chi connectivity index (χ2n) is 2.41. The Bertz CT molecular complexity index is 266. The molecule has 0 aromatic carbocycles. The zero-order chi connectivity index (χ0) is 12.0. The van der Waals surface area contributed by atoms with Crippen LogP contribution in [0.1, 0.15) is 6.92 Å². The van der Waals surface area contributed by atoms with E-state index in [9.17, 15) is 25.0 Å². The van der Waals surface area contributed by atoms with E-state index >= 15 is 0 Å². The van der Waals surface area contributed by atoms with Crippen molar-refractivity contribution in [3.05, 3.63) is 20.2 Å². The van der Waals surface area contributed by atoms with Gasteiger partial charge in [-0.2, -0.15) is 0 Å². The maximum absolute atomic E-state index is 10.8. The lowest BCUT2D eigenvalue weighted by Crippen LogP contribution is -2.42. The van der Waals surface area contributed by atoms with Gasteiger partial charge in [0, 0.05) is 0 Å². The second kappa shape index (κ2) is 5.70. The van der Waals surface area contributed by atoms with Gasteiger partial charge in [0.2, 0.25) is 0 Å². The van der Waals surface area contributed by atoms with Crippen LogP contribution < -0.4 is 0 Å².